The molecule has 150 valence electrons. The van der Waals surface area contributed by atoms with Gasteiger partial charge in [-0.25, -0.2) is 0 Å². The SMILES string of the molecule is COCCNC(=O)c1ccc(NC(=O)c2nnc(COc3ccccc3)s2)cc1. The number of carbonyl (C=O) groups excluding carboxylic acids is 2. The number of methoxy groups -OCH3 is 1. The van der Waals surface area contributed by atoms with Gasteiger partial charge in [-0.2, -0.15) is 0 Å². The molecule has 0 spiro atoms. The third kappa shape index (κ3) is 6.09. The van der Waals surface area contributed by atoms with Gasteiger partial charge in [-0.3, -0.25) is 9.59 Å². The van der Waals surface area contributed by atoms with Crippen LogP contribution in [0.25, 0.3) is 0 Å². The molecule has 3 aromatic rings. The van der Waals surface area contributed by atoms with Gasteiger partial charge in [0.25, 0.3) is 11.8 Å². The summed E-state index contributed by atoms with van der Waals surface area (Å²) in [4.78, 5) is 24.3. The van der Waals surface area contributed by atoms with Gasteiger partial charge in [0.1, 0.15) is 12.4 Å². The van der Waals surface area contributed by atoms with Crippen molar-refractivity contribution in [1.29, 1.82) is 0 Å². The van der Waals surface area contributed by atoms with Gasteiger partial charge in [0.2, 0.25) is 5.01 Å². The first-order valence-electron chi connectivity index (χ1n) is 8.84. The maximum absolute atomic E-state index is 12.4. The highest BCUT2D eigenvalue weighted by Gasteiger charge is 2.14. The van der Waals surface area contributed by atoms with E-state index in [1.165, 1.54) is 0 Å². The average Bonchev–Trinajstić information content (AvgIpc) is 3.23. The van der Waals surface area contributed by atoms with E-state index in [9.17, 15) is 9.59 Å². The molecule has 1 aromatic heterocycles. The summed E-state index contributed by atoms with van der Waals surface area (Å²) in [5.41, 5.74) is 1.05. The van der Waals surface area contributed by atoms with Crippen LogP contribution in [0.1, 0.15) is 25.2 Å². The fourth-order valence-electron chi connectivity index (χ4n) is 2.32. The number of benzene rings is 2. The number of hydrogen-bond donors (Lipinski definition) is 2. The molecule has 2 amide bonds. The Morgan fingerprint density at radius 2 is 1.76 bits per heavy atom. The summed E-state index contributed by atoms with van der Waals surface area (Å²) in [5, 5.41) is 14.2. The summed E-state index contributed by atoms with van der Waals surface area (Å²) in [6.45, 7) is 1.11. The molecule has 0 saturated carbocycles. The number of carbonyl (C=O) groups is 2. The average molecular weight is 412 g/mol. The molecule has 0 radical (unpaired) electrons. The molecule has 2 aromatic carbocycles. The minimum absolute atomic E-state index is 0.202. The first-order valence-corrected chi connectivity index (χ1v) is 9.66. The van der Waals surface area contributed by atoms with Crippen molar-refractivity contribution in [2.75, 3.05) is 25.6 Å². The van der Waals surface area contributed by atoms with Gasteiger partial charge in [-0.15, -0.1) is 10.2 Å². The van der Waals surface area contributed by atoms with Gasteiger partial charge in [0.15, 0.2) is 5.01 Å². The predicted octanol–water partition coefficient (Wildman–Crippen LogP) is 2.75. The lowest BCUT2D eigenvalue weighted by Gasteiger charge is -2.06. The number of nitrogens with zero attached hydrogens (tertiary/aromatic N) is 2. The number of nitrogens with one attached hydrogen (secondary N) is 2. The van der Waals surface area contributed by atoms with Gasteiger partial charge >= 0.3 is 0 Å². The molecular formula is C20H20N4O4S. The molecule has 0 bridgehead atoms. The molecule has 1 heterocycles. The molecule has 0 saturated heterocycles. The minimum atomic E-state index is -0.370. The van der Waals surface area contributed by atoms with Crippen LogP contribution >= 0.6 is 11.3 Å². The van der Waals surface area contributed by atoms with E-state index in [1.54, 1.807) is 31.4 Å². The van der Waals surface area contributed by atoms with E-state index in [1.807, 2.05) is 30.3 Å². The number of para-hydroxylation sites is 1. The Hall–Kier alpha value is -3.30. The highest BCUT2D eigenvalue weighted by molar-refractivity contribution is 7.13. The fraction of sp³-hybridized carbons (Fsp3) is 0.200. The number of amides is 2. The van der Waals surface area contributed by atoms with Crippen LogP contribution in [-0.2, 0) is 11.3 Å². The Bertz CT molecular complexity index is 945. The van der Waals surface area contributed by atoms with Crippen LogP contribution in [0.2, 0.25) is 0 Å². The van der Waals surface area contributed by atoms with Crippen LogP contribution in [-0.4, -0.2) is 42.3 Å². The molecule has 0 fully saturated rings. The van der Waals surface area contributed by atoms with E-state index in [4.69, 9.17) is 9.47 Å². The number of hydrogen-bond acceptors (Lipinski definition) is 7. The monoisotopic (exact) mass is 412 g/mol. The lowest BCUT2D eigenvalue weighted by atomic mass is 10.2. The molecule has 0 atom stereocenters. The summed E-state index contributed by atoms with van der Waals surface area (Å²) in [6.07, 6.45) is 0. The Kier molecular flexibility index (Phi) is 7.26. The van der Waals surface area contributed by atoms with Gasteiger partial charge in [-0.05, 0) is 36.4 Å². The summed E-state index contributed by atoms with van der Waals surface area (Å²) in [7, 11) is 1.57. The molecule has 0 unspecified atom stereocenters. The third-order valence-corrected chi connectivity index (χ3v) is 4.66. The van der Waals surface area contributed by atoms with Crippen molar-refractivity contribution in [3.05, 3.63) is 70.2 Å². The smallest absolute Gasteiger partial charge is 0.286 e. The van der Waals surface area contributed by atoms with Gasteiger partial charge in [-0.1, -0.05) is 29.5 Å². The van der Waals surface area contributed by atoms with E-state index < -0.39 is 0 Å². The van der Waals surface area contributed by atoms with E-state index in [0.29, 0.717) is 29.4 Å². The normalized spacial score (nSPS) is 10.4. The molecule has 9 heteroatoms. The molecule has 0 aliphatic carbocycles. The van der Waals surface area contributed by atoms with Gasteiger partial charge in [0, 0.05) is 24.9 Å². The van der Waals surface area contributed by atoms with Crippen molar-refractivity contribution in [1.82, 2.24) is 15.5 Å². The largest absolute Gasteiger partial charge is 0.486 e. The second-order valence-corrected chi connectivity index (χ2v) is 6.94. The van der Waals surface area contributed by atoms with Crippen molar-refractivity contribution in [3.8, 4) is 5.75 Å². The fourth-order valence-corrected chi connectivity index (χ4v) is 2.97. The van der Waals surface area contributed by atoms with Crippen LogP contribution in [0, 0.1) is 0 Å². The molecule has 2 N–H and O–H groups in total. The van der Waals surface area contributed by atoms with Gasteiger partial charge < -0.3 is 20.1 Å². The maximum Gasteiger partial charge on any atom is 0.286 e. The molecule has 3 rings (SSSR count). The number of ether oxygens (including phenoxy) is 2. The second-order valence-electron chi connectivity index (χ2n) is 5.88. The summed E-state index contributed by atoms with van der Waals surface area (Å²) in [6, 6.07) is 15.9. The highest BCUT2D eigenvalue weighted by atomic mass is 32.1. The first kappa shape index (κ1) is 20.4. The molecule has 0 aliphatic heterocycles. The summed E-state index contributed by atoms with van der Waals surface area (Å²) < 4.78 is 10.5. The van der Waals surface area contributed by atoms with Crippen LogP contribution in [0.4, 0.5) is 5.69 Å². The highest BCUT2D eigenvalue weighted by Crippen LogP contribution is 2.17. The van der Waals surface area contributed by atoms with Crippen molar-refractivity contribution in [2.24, 2.45) is 0 Å². The second kappa shape index (κ2) is 10.3. The summed E-state index contributed by atoms with van der Waals surface area (Å²) in [5.74, 6) is 0.151. The lowest BCUT2D eigenvalue weighted by molar-refractivity contribution is 0.0936. The zero-order chi connectivity index (χ0) is 20.5. The molecule has 29 heavy (non-hydrogen) atoms. The van der Waals surface area contributed by atoms with Crippen molar-refractivity contribution >= 4 is 28.8 Å². The number of rotatable bonds is 9. The number of anilines is 1. The first-order chi connectivity index (χ1) is 14.2. The van der Waals surface area contributed by atoms with Crippen molar-refractivity contribution in [3.63, 3.8) is 0 Å². The lowest BCUT2D eigenvalue weighted by Crippen LogP contribution is -2.26. The van der Waals surface area contributed by atoms with Crippen molar-refractivity contribution in [2.45, 2.75) is 6.61 Å². The number of aromatic nitrogens is 2. The van der Waals surface area contributed by atoms with E-state index >= 15 is 0 Å². The molecule has 8 nitrogen and oxygen atoms in total. The Balaban J connectivity index is 1.52. The zero-order valence-electron chi connectivity index (χ0n) is 15.8. The van der Waals surface area contributed by atoms with E-state index in [-0.39, 0.29) is 23.4 Å². The van der Waals surface area contributed by atoms with Crippen LogP contribution in [0.15, 0.2) is 54.6 Å². The van der Waals surface area contributed by atoms with Gasteiger partial charge in [0.05, 0.1) is 6.61 Å². The van der Waals surface area contributed by atoms with Crippen molar-refractivity contribution < 1.29 is 19.1 Å². The van der Waals surface area contributed by atoms with E-state index in [0.717, 1.165) is 17.1 Å². The Morgan fingerprint density at radius 1 is 1.00 bits per heavy atom. The zero-order valence-corrected chi connectivity index (χ0v) is 16.6. The maximum atomic E-state index is 12.4. The minimum Gasteiger partial charge on any atom is -0.486 e. The van der Waals surface area contributed by atoms with E-state index in [2.05, 4.69) is 20.8 Å². The Labute approximate surface area is 171 Å². The third-order valence-electron chi connectivity index (χ3n) is 3.76. The van der Waals surface area contributed by atoms with Crippen LogP contribution < -0.4 is 15.4 Å². The molecule has 0 aliphatic rings. The Morgan fingerprint density at radius 3 is 2.48 bits per heavy atom. The quantitative estimate of drug-likeness (QED) is 0.524. The predicted molar refractivity (Wildman–Crippen MR) is 109 cm³/mol. The standard InChI is InChI=1S/C20H20N4O4S/c1-27-12-11-21-18(25)14-7-9-15(10-8-14)22-19(26)20-24-23-17(29-20)13-28-16-5-3-2-4-6-16/h2-10H,11-13H2,1H3,(H,21,25)(H,22,26). The van der Waals surface area contributed by atoms with Crippen LogP contribution in [0.3, 0.4) is 0 Å². The topological polar surface area (TPSA) is 102 Å². The summed E-state index contributed by atoms with van der Waals surface area (Å²) >= 11 is 1.16. The molecular weight excluding hydrogens is 392 g/mol. The van der Waals surface area contributed by atoms with Crippen LogP contribution in [0.5, 0.6) is 5.75 Å².